The molecule has 0 aliphatic heterocycles. The van der Waals surface area contributed by atoms with Crippen molar-refractivity contribution in [2.45, 2.75) is 54.7 Å². The predicted molar refractivity (Wildman–Crippen MR) is 78.1 cm³/mol. The van der Waals surface area contributed by atoms with Crippen molar-refractivity contribution in [3.8, 4) is 6.07 Å². The van der Waals surface area contributed by atoms with Crippen LogP contribution < -0.4 is 0 Å². The van der Waals surface area contributed by atoms with Gasteiger partial charge >= 0.3 is 0 Å². The fourth-order valence-corrected chi connectivity index (χ4v) is 3.50. The fourth-order valence-electron chi connectivity index (χ4n) is 2.49. The van der Waals surface area contributed by atoms with Gasteiger partial charge in [0, 0.05) is 18.2 Å². The first-order chi connectivity index (χ1) is 10.3. The third-order valence-electron chi connectivity index (χ3n) is 3.97. The SMILES string of the molecule is Cc1ccnc(Sc2nnc(C3CC3)n2C2CC2)c1C#N. The Morgan fingerprint density at radius 3 is 2.76 bits per heavy atom. The molecule has 2 aliphatic carbocycles. The smallest absolute Gasteiger partial charge is 0.197 e. The van der Waals surface area contributed by atoms with E-state index < -0.39 is 0 Å². The first kappa shape index (κ1) is 12.8. The Labute approximate surface area is 127 Å². The van der Waals surface area contributed by atoms with Crippen molar-refractivity contribution >= 4 is 11.8 Å². The van der Waals surface area contributed by atoms with Crippen LogP contribution in [0.5, 0.6) is 0 Å². The number of pyridine rings is 1. The number of aryl methyl sites for hydroxylation is 1. The normalized spacial score (nSPS) is 17.7. The Balaban J connectivity index is 1.72. The molecule has 0 amide bonds. The van der Waals surface area contributed by atoms with Gasteiger partial charge in [0.25, 0.3) is 0 Å². The third kappa shape index (κ3) is 2.32. The monoisotopic (exact) mass is 297 g/mol. The molecule has 0 unspecified atom stereocenters. The minimum absolute atomic E-state index is 0.549. The summed E-state index contributed by atoms with van der Waals surface area (Å²) in [5.74, 6) is 1.72. The maximum Gasteiger partial charge on any atom is 0.197 e. The molecule has 2 heterocycles. The molecule has 6 heteroatoms. The molecular weight excluding hydrogens is 282 g/mol. The third-order valence-corrected chi connectivity index (χ3v) is 4.93. The molecular formula is C15H15N5S. The Hall–Kier alpha value is -1.87. The number of rotatable bonds is 4. The van der Waals surface area contributed by atoms with Crippen molar-refractivity contribution in [3.05, 3.63) is 29.2 Å². The molecule has 0 aromatic carbocycles. The second-order valence-corrected chi connectivity index (χ2v) is 6.69. The standard InChI is InChI=1S/C15H15N5S/c1-9-6-7-17-14(12(9)8-16)21-15-19-18-13(10-2-3-10)20(15)11-4-5-11/h6-7,10-11H,2-5H2,1H3. The second-order valence-electron chi connectivity index (χ2n) is 5.74. The van der Waals surface area contributed by atoms with E-state index in [1.807, 2.05) is 13.0 Å². The van der Waals surface area contributed by atoms with E-state index >= 15 is 0 Å². The van der Waals surface area contributed by atoms with Crippen molar-refractivity contribution in [1.82, 2.24) is 19.7 Å². The highest BCUT2D eigenvalue weighted by Crippen LogP contribution is 2.46. The highest BCUT2D eigenvalue weighted by molar-refractivity contribution is 7.99. The van der Waals surface area contributed by atoms with E-state index in [4.69, 9.17) is 0 Å². The molecule has 0 radical (unpaired) electrons. The summed E-state index contributed by atoms with van der Waals surface area (Å²) >= 11 is 1.47. The Morgan fingerprint density at radius 1 is 1.29 bits per heavy atom. The number of aromatic nitrogens is 4. The van der Waals surface area contributed by atoms with E-state index in [-0.39, 0.29) is 0 Å². The van der Waals surface area contributed by atoms with Crippen molar-refractivity contribution in [2.24, 2.45) is 0 Å². The van der Waals surface area contributed by atoms with Gasteiger partial charge in [-0.05, 0) is 56.0 Å². The van der Waals surface area contributed by atoms with Crippen molar-refractivity contribution < 1.29 is 0 Å². The maximum absolute atomic E-state index is 9.33. The van der Waals surface area contributed by atoms with Gasteiger partial charge in [0.15, 0.2) is 5.16 Å². The number of hydrogen-bond donors (Lipinski definition) is 0. The second kappa shape index (κ2) is 4.85. The zero-order valence-corrected chi connectivity index (χ0v) is 12.6. The van der Waals surface area contributed by atoms with Gasteiger partial charge in [-0.3, -0.25) is 0 Å². The lowest BCUT2D eigenvalue weighted by Gasteiger charge is -2.08. The molecule has 0 spiro atoms. The molecule has 0 bridgehead atoms. The zero-order valence-electron chi connectivity index (χ0n) is 11.8. The topological polar surface area (TPSA) is 67.4 Å². The molecule has 0 atom stereocenters. The van der Waals surface area contributed by atoms with E-state index in [1.54, 1.807) is 6.20 Å². The van der Waals surface area contributed by atoms with Crippen LogP contribution in [0.25, 0.3) is 0 Å². The first-order valence-electron chi connectivity index (χ1n) is 7.26. The fraction of sp³-hybridized carbons (Fsp3) is 0.467. The van der Waals surface area contributed by atoms with Gasteiger partial charge < -0.3 is 4.57 Å². The van der Waals surface area contributed by atoms with Gasteiger partial charge in [-0.15, -0.1) is 10.2 Å². The summed E-state index contributed by atoms with van der Waals surface area (Å²) in [5, 5.41) is 19.7. The summed E-state index contributed by atoms with van der Waals surface area (Å²) in [6, 6.07) is 4.66. The maximum atomic E-state index is 9.33. The van der Waals surface area contributed by atoms with Gasteiger partial charge in [-0.1, -0.05) is 0 Å². The van der Waals surface area contributed by atoms with E-state index in [2.05, 4.69) is 25.8 Å². The van der Waals surface area contributed by atoms with E-state index in [9.17, 15) is 5.26 Å². The molecule has 2 aliphatic rings. The van der Waals surface area contributed by atoms with Crippen LogP contribution in [0.1, 0.15) is 54.6 Å². The van der Waals surface area contributed by atoms with Crippen LogP contribution in [0, 0.1) is 18.3 Å². The summed E-state index contributed by atoms with van der Waals surface area (Å²) in [7, 11) is 0. The lowest BCUT2D eigenvalue weighted by Crippen LogP contribution is -2.02. The molecule has 106 valence electrons. The molecule has 0 N–H and O–H groups in total. The first-order valence-corrected chi connectivity index (χ1v) is 8.08. The van der Waals surface area contributed by atoms with Crippen LogP contribution in [0.2, 0.25) is 0 Å². The zero-order chi connectivity index (χ0) is 14.4. The van der Waals surface area contributed by atoms with E-state index in [1.165, 1.54) is 37.4 Å². The number of hydrogen-bond acceptors (Lipinski definition) is 5. The van der Waals surface area contributed by atoms with Crippen LogP contribution in [0.15, 0.2) is 22.4 Å². The van der Waals surface area contributed by atoms with Crippen molar-refractivity contribution in [1.29, 1.82) is 5.26 Å². The van der Waals surface area contributed by atoms with Crippen LogP contribution in [0.3, 0.4) is 0 Å². The Kier molecular flexibility index (Phi) is 2.96. The summed E-state index contributed by atoms with van der Waals surface area (Å²) in [6.07, 6.45) is 6.61. The highest BCUT2D eigenvalue weighted by Gasteiger charge is 2.36. The van der Waals surface area contributed by atoms with Crippen LogP contribution in [-0.2, 0) is 0 Å². The minimum Gasteiger partial charge on any atom is -0.302 e. The highest BCUT2D eigenvalue weighted by atomic mass is 32.2. The van der Waals surface area contributed by atoms with E-state index in [0.717, 1.165) is 21.6 Å². The van der Waals surface area contributed by atoms with Gasteiger partial charge in [0.05, 0.1) is 5.56 Å². The summed E-state index contributed by atoms with van der Waals surface area (Å²) in [4.78, 5) is 4.36. The summed E-state index contributed by atoms with van der Waals surface area (Å²) < 4.78 is 2.29. The van der Waals surface area contributed by atoms with Gasteiger partial charge in [0.2, 0.25) is 0 Å². The molecule has 0 saturated heterocycles. The minimum atomic E-state index is 0.549. The van der Waals surface area contributed by atoms with Crippen molar-refractivity contribution in [3.63, 3.8) is 0 Å². The molecule has 2 aromatic rings. The number of nitrogens with zero attached hydrogens (tertiary/aromatic N) is 5. The Morgan fingerprint density at radius 2 is 2.10 bits per heavy atom. The molecule has 2 saturated carbocycles. The molecule has 2 aromatic heterocycles. The van der Waals surface area contributed by atoms with Gasteiger partial charge in [-0.2, -0.15) is 5.26 Å². The predicted octanol–water partition coefficient (Wildman–Crippen LogP) is 3.22. The van der Waals surface area contributed by atoms with E-state index in [0.29, 0.717) is 17.5 Å². The van der Waals surface area contributed by atoms with Crippen LogP contribution in [0.4, 0.5) is 0 Å². The lowest BCUT2D eigenvalue weighted by atomic mass is 10.2. The summed E-state index contributed by atoms with van der Waals surface area (Å²) in [5.41, 5.74) is 1.59. The quantitative estimate of drug-likeness (QED) is 0.866. The van der Waals surface area contributed by atoms with Gasteiger partial charge in [0.1, 0.15) is 16.9 Å². The lowest BCUT2D eigenvalue weighted by molar-refractivity contribution is 0.626. The average molecular weight is 297 g/mol. The van der Waals surface area contributed by atoms with Crippen molar-refractivity contribution in [2.75, 3.05) is 0 Å². The molecule has 5 nitrogen and oxygen atoms in total. The van der Waals surface area contributed by atoms with Gasteiger partial charge in [-0.25, -0.2) is 4.98 Å². The van der Waals surface area contributed by atoms with Crippen LogP contribution in [-0.4, -0.2) is 19.7 Å². The summed E-state index contributed by atoms with van der Waals surface area (Å²) in [6.45, 7) is 1.94. The molecule has 21 heavy (non-hydrogen) atoms. The molecule has 2 fully saturated rings. The largest absolute Gasteiger partial charge is 0.302 e. The number of nitriles is 1. The van der Waals surface area contributed by atoms with Crippen LogP contribution >= 0.6 is 11.8 Å². The molecule has 4 rings (SSSR count). The Bertz CT molecular complexity index is 737. The average Bonchev–Trinajstić information content (AvgIpc) is 3.39.